The molecule has 0 saturated heterocycles. The molecule has 0 amide bonds. The van der Waals surface area contributed by atoms with Crippen molar-refractivity contribution < 1.29 is 19.1 Å². The highest BCUT2D eigenvalue weighted by molar-refractivity contribution is 5.81. The number of ether oxygens (including phenoxy) is 2. The first kappa shape index (κ1) is 12.7. The highest BCUT2D eigenvalue weighted by atomic mass is 16.5. The van der Waals surface area contributed by atoms with Crippen LogP contribution in [0.4, 0.5) is 0 Å². The average molecular weight is 200 g/mol. The molecule has 0 unspecified atom stereocenters. The van der Waals surface area contributed by atoms with Crippen molar-refractivity contribution in [3.8, 4) is 0 Å². The summed E-state index contributed by atoms with van der Waals surface area (Å²) < 4.78 is 9.47. The minimum Gasteiger partial charge on any atom is -0.465 e. The Balaban J connectivity index is 3.44. The van der Waals surface area contributed by atoms with Gasteiger partial charge in [0.15, 0.2) is 0 Å². The fraction of sp³-hybridized carbons (Fsp3) is 0.600. The molecule has 0 aromatic heterocycles. The van der Waals surface area contributed by atoms with E-state index < -0.39 is 5.97 Å². The van der Waals surface area contributed by atoms with Gasteiger partial charge in [0, 0.05) is 6.08 Å². The molecule has 4 heteroatoms. The maximum Gasteiger partial charge on any atom is 0.330 e. The molecule has 0 spiro atoms. The van der Waals surface area contributed by atoms with Crippen LogP contribution in [-0.2, 0) is 19.1 Å². The number of esters is 2. The van der Waals surface area contributed by atoms with Gasteiger partial charge in [0.1, 0.15) is 6.61 Å². The first-order chi connectivity index (χ1) is 6.56. The number of hydrogen-bond acceptors (Lipinski definition) is 4. The van der Waals surface area contributed by atoms with Crippen molar-refractivity contribution in [2.75, 3.05) is 13.2 Å². The van der Waals surface area contributed by atoms with Crippen LogP contribution in [0.15, 0.2) is 12.7 Å². The van der Waals surface area contributed by atoms with E-state index in [1.807, 2.05) is 13.8 Å². The molecule has 80 valence electrons. The number of carbonyl (C=O) groups is 2. The Hall–Kier alpha value is -1.32. The summed E-state index contributed by atoms with van der Waals surface area (Å²) >= 11 is 0. The third kappa shape index (κ3) is 7.34. The summed E-state index contributed by atoms with van der Waals surface area (Å²) in [4.78, 5) is 21.5. The van der Waals surface area contributed by atoms with E-state index in [0.717, 1.165) is 6.08 Å². The number of rotatable bonds is 6. The van der Waals surface area contributed by atoms with Gasteiger partial charge in [0.25, 0.3) is 0 Å². The molecule has 0 aliphatic carbocycles. The molecule has 0 atom stereocenters. The third-order valence-electron chi connectivity index (χ3n) is 1.29. The van der Waals surface area contributed by atoms with E-state index in [1.165, 1.54) is 0 Å². The van der Waals surface area contributed by atoms with Crippen molar-refractivity contribution in [2.24, 2.45) is 5.92 Å². The number of carbonyl (C=O) groups excluding carboxylic acids is 2. The second-order valence-electron chi connectivity index (χ2n) is 3.20. The van der Waals surface area contributed by atoms with Crippen molar-refractivity contribution in [2.45, 2.75) is 20.3 Å². The van der Waals surface area contributed by atoms with E-state index in [1.54, 1.807) is 0 Å². The van der Waals surface area contributed by atoms with Crippen LogP contribution in [-0.4, -0.2) is 25.2 Å². The van der Waals surface area contributed by atoms with E-state index in [0.29, 0.717) is 12.5 Å². The van der Waals surface area contributed by atoms with Crippen LogP contribution in [0, 0.1) is 5.92 Å². The van der Waals surface area contributed by atoms with E-state index >= 15 is 0 Å². The molecule has 14 heavy (non-hydrogen) atoms. The average Bonchev–Trinajstić information content (AvgIpc) is 2.14. The fourth-order valence-electron chi connectivity index (χ4n) is 0.626. The lowest BCUT2D eigenvalue weighted by Crippen LogP contribution is -2.13. The smallest absolute Gasteiger partial charge is 0.330 e. The topological polar surface area (TPSA) is 52.6 Å². The van der Waals surface area contributed by atoms with Crippen molar-refractivity contribution in [1.82, 2.24) is 0 Å². The molecular formula is C10H16O4. The normalized spacial score (nSPS) is 9.64. The first-order valence-corrected chi connectivity index (χ1v) is 4.51. The van der Waals surface area contributed by atoms with Crippen molar-refractivity contribution >= 4 is 11.9 Å². The van der Waals surface area contributed by atoms with Gasteiger partial charge >= 0.3 is 11.9 Å². The summed E-state index contributed by atoms with van der Waals surface area (Å²) in [6, 6.07) is 0. The lowest BCUT2D eigenvalue weighted by Gasteiger charge is -2.06. The van der Waals surface area contributed by atoms with Gasteiger partial charge < -0.3 is 9.47 Å². The number of hydrogen-bond donors (Lipinski definition) is 0. The molecular weight excluding hydrogens is 184 g/mol. The molecule has 0 N–H and O–H groups in total. The largest absolute Gasteiger partial charge is 0.465 e. The van der Waals surface area contributed by atoms with Gasteiger partial charge in [-0.1, -0.05) is 20.4 Å². The van der Waals surface area contributed by atoms with E-state index in [4.69, 9.17) is 4.74 Å². The minimum absolute atomic E-state index is 0.0434. The minimum atomic E-state index is -0.526. The lowest BCUT2D eigenvalue weighted by atomic mass is 10.2. The van der Waals surface area contributed by atoms with Gasteiger partial charge in [-0.05, 0) is 5.92 Å². The standard InChI is InChI=1S/C10H16O4/c1-4-9(11)13-6-5-10(12)14-7-8(2)3/h4,8H,1,5-7H2,2-3H3. The molecule has 0 rings (SSSR count). The van der Waals surface area contributed by atoms with E-state index in [2.05, 4.69) is 11.3 Å². The Kier molecular flexibility index (Phi) is 6.45. The van der Waals surface area contributed by atoms with Gasteiger partial charge in [0.05, 0.1) is 13.0 Å². The Morgan fingerprint density at radius 1 is 1.36 bits per heavy atom. The van der Waals surface area contributed by atoms with Crippen LogP contribution in [0.25, 0.3) is 0 Å². The van der Waals surface area contributed by atoms with Crippen LogP contribution in [0.3, 0.4) is 0 Å². The van der Waals surface area contributed by atoms with Gasteiger partial charge in [-0.15, -0.1) is 0 Å². The highest BCUT2D eigenvalue weighted by Gasteiger charge is 2.05. The molecule has 0 radical (unpaired) electrons. The zero-order valence-electron chi connectivity index (χ0n) is 8.62. The van der Waals surface area contributed by atoms with Gasteiger partial charge in [-0.3, -0.25) is 4.79 Å². The quantitative estimate of drug-likeness (QED) is 0.479. The van der Waals surface area contributed by atoms with Crippen LogP contribution in [0.5, 0.6) is 0 Å². The Labute approximate surface area is 83.9 Å². The Morgan fingerprint density at radius 2 is 2.00 bits per heavy atom. The maximum absolute atomic E-state index is 11.0. The second-order valence-corrected chi connectivity index (χ2v) is 3.20. The van der Waals surface area contributed by atoms with Crippen LogP contribution < -0.4 is 0 Å². The van der Waals surface area contributed by atoms with E-state index in [9.17, 15) is 9.59 Å². The molecule has 0 aromatic carbocycles. The SMILES string of the molecule is C=CC(=O)OCCC(=O)OCC(C)C. The molecule has 0 saturated carbocycles. The summed E-state index contributed by atoms with van der Waals surface area (Å²) in [6.07, 6.45) is 1.14. The van der Waals surface area contributed by atoms with Crippen molar-refractivity contribution in [3.05, 3.63) is 12.7 Å². The zero-order chi connectivity index (χ0) is 11.0. The molecule has 0 fully saturated rings. The summed E-state index contributed by atoms with van der Waals surface area (Å²) in [7, 11) is 0. The van der Waals surface area contributed by atoms with Gasteiger partial charge in [-0.25, -0.2) is 4.79 Å². The van der Waals surface area contributed by atoms with Gasteiger partial charge in [0.2, 0.25) is 0 Å². The van der Waals surface area contributed by atoms with Gasteiger partial charge in [-0.2, -0.15) is 0 Å². The third-order valence-corrected chi connectivity index (χ3v) is 1.29. The van der Waals surface area contributed by atoms with Crippen molar-refractivity contribution in [1.29, 1.82) is 0 Å². The molecule has 0 aliphatic rings. The molecule has 0 aromatic rings. The molecule has 0 aliphatic heterocycles. The predicted octanol–water partition coefficient (Wildman–Crippen LogP) is 1.30. The molecule has 4 nitrogen and oxygen atoms in total. The van der Waals surface area contributed by atoms with E-state index in [-0.39, 0.29) is 19.0 Å². The summed E-state index contributed by atoms with van der Waals surface area (Å²) in [5.74, 6) is -0.563. The van der Waals surface area contributed by atoms with Crippen LogP contribution in [0.1, 0.15) is 20.3 Å². The summed E-state index contributed by atoms with van der Waals surface area (Å²) in [5, 5.41) is 0. The molecule has 0 bridgehead atoms. The predicted molar refractivity (Wildman–Crippen MR) is 51.6 cm³/mol. The zero-order valence-corrected chi connectivity index (χ0v) is 8.62. The first-order valence-electron chi connectivity index (χ1n) is 4.51. The maximum atomic E-state index is 11.0. The summed E-state index contributed by atoms with van der Waals surface area (Å²) in [6.45, 7) is 7.57. The molecule has 0 heterocycles. The second kappa shape index (κ2) is 7.12. The Bertz CT molecular complexity index is 208. The van der Waals surface area contributed by atoms with Crippen LogP contribution >= 0.6 is 0 Å². The Morgan fingerprint density at radius 3 is 2.50 bits per heavy atom. The fourth-order valence-corrected chi connectivity index (χ4v) is 0.626. The van der Waals surface area contributed by atoms with Crippen molar-refractivity contribution in [3.63, 3.8) is 0 Å². The van der Waals surface area contributed by atoms with Crippen LogP contribution in [0.2, 0.25) is 0 Å². The lowest BCUT2D eigenvalue weighted by molar-refractivity contribution is -0.148. The monoisotopic (exact) mass is 200 g/mol. The highest BCUT2D eigenvalue weighted by Crippen LogP contribution is 1.95. The summed E-state index contributed by atoms with van der Waals surface area (Å²) in [5.41, 5.74) is 0.